The lowest BCUT2D eigenvalue weighted by atomic mass is 10.3. The zero-order valence-corrected chi connectivity index (χ0v) is 7.92. The third-order valence-corrected chi connectivity index (χ3v) is 1.89. The van der Waals surface area contributed by atoms with Crippen LogP contribution in [-0.4, -0.2) is 21.9 Å². The first-order valence-electron chi connectivity index (χ1n) is 4.35. The first-order chi connectivity index (χ1) is 6.92. The maximum atomic E-state index is 5.03. The molecule has 2 rings (SSSR count). The summed E-state index contributed by atoms with van der Waals surface area (Å²) in [5.41, 5.74) is 0.997. The first kappa shape index (κ1) is 8.90. The molecule has 0 radical (unpaired) electrons. The Morgan fingerprint density at radius 1 is 1.29 bits per heavy atom. The van der Waals surface area contributed by atoms with Gasteiger partial charge in [0.25, 0.3) is 0 Å². The average Bonchev–Trinajstić information content (AvgIpc) is 2.68. The molecule has 0 bridgehead atoms. The van der Waals surface area contributed by atoms with E-state index < -0.39 is 0 Å². The van der Waals surface area contributed by atoms with Crippen molar-refractivity contribution in [2.45, 2.75) is 6.61 Å². The van der Waals surface area contributed by atoms with Gasteiger partial charge in [0.1, 0.15) is 12.9 Å². The fourth-order valence-electron chi connectivity index (χ4n) is 1.28. The van der Waals surface area contributed by atoms with Crippen molar-refractivity contribution in [3.8, 4) is 5.69 Å². The molecule has 1 heterocycles. The Balaban J connectivity index is 2.37. The van der Waals surface area contributed by atoms with Crippen molar-refractivity contribution in [3.63, 3.8) is 0 Å². The van der Waals surface area contributed by atoms with Crippen LogP contribution in [0.1, 0.15) is 5.82 Å². The zero-order chi connectivity index (χ0) is 9.80. The smallest absolute Gasteiger partial charge is 0.158 e. The van der Waals surface area contributed by atoms with Crippen molar-refractivity contribution in [2.75, 3.05) is 7.11 Å². The Labute approximate surface area is 82.2 Å². The minimum Gasteiger partial charge on any atom is -0.377 e. The fraction of sp³-hybridized carbons (Fsp3) is 0.200. The first-order valence-corrected chi connectivity index (χ1v) is 4.35. The SMILES string of the molecule is COCc1ncnn1-c1ccccc1. The predicted molar refractivity (Wildman–Crippen MR) is 52.1 cm³/mol. The summed E-state index contributed by atoms with van der Waals surface area (Å²) in [6.07, 6.45) is 1.53. The average molecular weight is 189 g/mol. The van der Waals surface area contributed by atoms with Gasteiger partial charge < -0.3 is 4.74 Å². The standard InChI is InChI=1S/C10H11N3O/c1-14-7-10-11-8-12-13(10)9-5-3-2-4-6-9/h2-6,8H,7H2,1H3. The van der Waals surface area contributed by atoms with E-state index in [0.29, 0.717) is 6.61 Å². The molecule has 0 spiro atoms. The number of ether oxygens (including phenoxy) is 1. The lowest BCUT2D eigenvalue weighted by Crippen LogP contribution is -2.03. The van der Waals surface area contributed by atoms with Crippen LogP contribution in [0.25, 0.3) is 5.69 Å². The molecule has 0 saturated heterocycles. The molecule has 4 heteroatoms. The summed E-state index contributed by atoms with van der Waals surface area (Å²) in [5.74, 6) is 0.804. The quantitative estimate of drug-likeness (QED) is 0.733. The second kappa shape index (κ2) is 4.02. The number of hydrogen-bond donors (Lipinski definition) is 0. The number of aromatic nitrogens is 3. The highest BCUT2D eigenvalue weighted by Gasteiger charge is 2.04. The number of para-hydroxylation sites is 1. The Hall–Kier alpha value is -1.68. The van der Waals surface area contributed by atoms with E-state index >= 15 is 0 Å². The molecule has 0 N–H and O–H groups in total. The molecule has 0 atom stereocenters. The summed E-state index contributed by atoms with van der Waals surface area (Å²) in [6.45, 7) is 0.467. The van der Waals surface area contributed by atoms with Crippen molar-refractivity contribution in [2.24, 2.45) is 0 Å². The minimum atomic E-state index is 0.467. The van der Waals surface area contributed by atoms with Gasteiger partial charge in [0, 0.05) is 7.11 Å². The van der Waals surface area contributed by atoms with Crippen molar-refractivity contribution in [3.05, 3.63) is 42.5 Å². The Bertz CT molecular complexity index is 397. The number of hydrogen-bond acceptors (Lipinski definition) is 3. The molecule has 0 unspecified atom stereocenters. The molecule has 2 aromatic rings. The van der Waals surface area contributed by atoms with Crippen molar-refractivity contribution >= 4 is 0 Å². The normalized spacial score (nSPS) is 10.4. The Kier molecular flexibility index (Phi) is 2.55. The topological polar surface area (TPSA) is 39.9 Å². The third-order valence-electron chi connectivity index (χ3n) is 1.89. The highest BCUT2D eigenvalue weighted by molar-refractivity contribution is 5.30. The van der Waals surface area contributed by atoms with Crippen molar-refractivity contribution in [1.29, 1.82) is 0 Å². The summed E-state index contributed by atoms with van der Waals surface area (Å²) in [7, 11) is 1.64. The van der Waals surface area contributed by atoms with E-state index in [1.807, 2.05) is 30.3 Å². The molecule has 0 saturated carbocycles. The fourth-order valence-corrected chi connectivity index (χ4v) is 1.28. The predicted octanol–water partition coefficient (Wildman–Crippen LogP) is 1.41. The second-order valence-electron chi connectivity index (χ2n) is 2.86. The molecule has 0 amide bonds. The molecule has 1 aromatic carbocycles. The number of rotatable bonds is 3. The van der Waals surface area contributed by atoms with Gasteiger partial charge in [0.2, 0.25) is 0 Å². The van der Waals surface area contributed by atoms with E-state index in [9.17, 15) is 0 Å². The van der Waals surface area contributed by atoms with Gasteiger partial charge in [-0.15, -0.1) is 0 Å². The molecule has 14 heavy (non-hydrogen) atoms. The van der Waals surface area contributed by atoms with Crippen LogP contribution in [0.2, 0.25) is 0 Å². The van der Waals surface area contributed by atoms with Gasteiger partial charge in [-0.05, 0) is 12.1 Å². The van der Waals surface area contributed by atoms with Gasteiger partial charge >= 0.3 is 0 Å². The molecular weight excluding hydrogens is 178 g/mol. The lowest BCUT2D eigenvalue weighted by Gasteiger charge is -2.03. The van der Waals surface area contributed by atoms with Crippen LogP contribution in [0.5, 0.6) is 0 Å². The highest BCUT2D eigenvalue weighted by Crippen LogP contribution is 2.07. The second-order valence-corrected chi connectivity index (χ2v) is 2.86. The molecule has 1 aromatic heterocycles. The van der Waals surface area contributed by atoms with Gasteiger partial charge in [-0.3, -0.25) is 0 Å². The van der Waals surface area contributed by atoms with E-state index in [0.717, 1.165) is 11.5 Å². The number of benzene rings is 1. The summed E-state index contributed by atoms with van der Waals surface area (Å²) in [6, 6.07) is 9.86. The van der Waals surface area contributed by atoms with Gasteiger partial charge in [0.05, 0.1) is 5.69 Å². The van der Waals surface area contributed by atoms with Crippen LogP contribution in [0.3, 0.4) is 0 Å². The Morgan fingerprint density at radius 2 is 2.07 bits per heavy atom. The molecular formula is C10H11N3O. The van der Waals surface area contributed by atoms with E-state index in [2.05, 4.69) is 10.1 Å². The highest BCUT2D eigenvalue weighted by atomic mass is 16.5. The Morgan fingerprint density at radius 3 is 2.79 bits per heavy atom. The van der Waals surface area contributed by atoms with Crippen molar-refractivity contribution in [1.82, 2.24) is 14.8 Å². The van der Waals surface area contributed by atoms with E-state index in [1.165, 1.54) is 6.33 Å². The number of methoxy groups -OCH3 is 1. The zero-order valence-electron chi connectivity index (χ0n) is 7.92. The minimum absolute atomic E-state index is 0.467. The van der Waals surface area contributed by atoms with Crippen LogP contribution in [0, 0.1) is 0 Å². The van der Waals surface area contributed by atoms with E-state index in [-0.39, 0.29) is 0 Å². The summed E-state index contributed by atoms with van der Waals surface area (Å²) in [5, 5.41) is 4.13. The van der Waals surface area contributed by atoms with Crippen molar-refractivity contribution < 1.29 is 4.74 Å². The van der Waals surface area contributed by atoms with Crippen LogP contribution < -0.4 is 0 Å². The van der Waals surface area contributed by atoms with Crippen LogP contribution in [0.4, 0.5) is 0 Å². The van der Waals surface area contributed by atoms with E-state index in [1.54, 1.807) is 11.8 Å². The van der Waals surface area contributed by atoms with Gasteiger partial charge in [-0.25, -0.2) is 9.67 Å². The molecule has 4 nitrogen and oxygen atoms in total. The summed E-state index contributed by atoms with van der Waals surface area (Å²) >= 11 is 0. The number of nitrogens with zero attached hydrogens (tertiary/aromatic N) is 3. The summed E-state index contributed by atoms with van der Waals surface area (Å²) in [4.78, 5) is 4.11. The molecule has 0 aliphatic rings. The van der Waals surface area contributed by atoms with Gasteiger partial charge in [0.15, 0.2) is 5.82 Å². The maximum Gasteiger partial charge on any atom is 0.158 e. The summed E-state index contributed by atoms with van der Waals surface area (Å²) < 4.78 is 6.79. The van der Waals surface area contributed by atoms with Gasteiger partial charge in [-0.1, -0.05) is 18.2 Å². The molecule has 0 aliphatic heterocycles. The van der Waals surface area contributed by atoms with Crippen LogP contribution >= 0.6 is 0 Å². The third kappa shape index (κ3) is 1.65. The van der Waals surface area contributed by atoms with E-state index in [4.69, 9.17) is 4.74 Å². The van der Waals surface area contributed by atoms with Crippen LogP contribution in [0.15, 0.2) is 36.7 Å². The molecule has 72 valence electrons. The lowest BCUT2D eigenvalue weighted by molar-refractivity contribution is 0.176. The largest absolute Gasteiger partial charge is 0.377 e. The maximum absolute atomic E-state index is 5.03. The molecule has 0 aliphatic carbocycles. The van der Waals surface area contributed by atoms with Gasteiger partial charge in [-0.2, -0.15) is 5.10 Å². The van der Waals surface area contributed by atoms with Crippen LogP contribution in [-0.2, 0) is 11.3 Å². The monoisotopic (exact) mass is 189 g/mol. The molecule has 0 fully saturated rings.